The van der Waals surface area contributed by atoms with Crippen LogP contribution >= 0.6 is 12.4 Å². The van der Waals surface area contributed by atoms with Crippen molar-refractivity contribution in [3.05, 3.63) is 35.6 Å². The van der Waals surface area contributed by atoms with Crippen LogP contribution in [0.25, 0.3) is 0 Å². The normalized spacial score (nSPS) is 11.5. The van der Waals surface area contributed by atoms with Gasteiger partial charge in [0.15, 0.2) is 0 Å². The third-order valence-corrected chi connectivity index (χ3v) is 2.44. The number of nitrogens with one attached hydrogen (secondary N) is 1. The molecule has 6 heteroatoms. The van der Waals surface area contributed by atoms with E-state index < -0.39 is 0 Å². The summed E-state index contributed by atoms with van der Waals surface area (Å²) in [5.74, 6) is -0.527. The first kappa shape index (κ1) is 16.8. The highest BCUT2D eigenvalue weighted by atomic mass is 35.5. The molecule has 102 valence electrons. The van der Waals surface area contributed by atoms with Crippen molar-refractivity contribution in [3.8, 4) is 0 Å². The molecule has 0 bridgehead atoms. The molecule has 0 aromatic heterocycles. The number of amides is 1. The van der Waals surface area contributed by atoms with Gasteiger partial charge in [-0.2, -0.15) is 0 Å². The summed E-state index contributed by atoms with van der Waals surface area (Å²) >= 11 is 0. The number of ether oxygens (including phenoxy) is 1. The van der Waals surface area contributed by atoms with E-state index in [1.54, 1.807) is 18.2 Å². The Kier molecular flexibility index (Phi) is 8.28. The molecule has 4 nitrogen and oxygen atoms in total. The zero-order valence-corrected chi connectivity index (χ0v) is 11.0. The van der Waals surface area contributed by atoms with Crippen LogP contribution in [0.3, 0.4) is 0 Å². The number of benzene rings is 1. The molecular formula is C12H18ClFN2O2. The fourth-order valence-corrected chi connectivity index (χ4v) is 1.38. The summed E-state index contributed by atoms with van der Waals surface area (Å²) in [5.41, 5.74) is 5.86. The molecule has 18 heavy (non-hydrogen) atoms. The molecule has 1 aromatic rings. The zero-order chi connectivity index (χ0) is 12.7. The molecule has 1 aromatic carbocycles. The first-order chi connectivity index (χ1) is 8.17. The maximum Gasteiger partial charge on any atom is 0.222 e. The lowest BCUT2D eigenvalue weighted by atomic mass is 10.2. The minimum atomic E-state index is -0.324. The van der Waals surface area contributed by atoms with Crippen LogP contribution in [-0.2, 0) is 16.1 Å². The second-order valence-electron chi connectivity index (χ2n) is 3.67. The van der Waals surface area contributed by atoms with E-state index in [0.717, 1.165) is 0 Å². The Morgan fingerprint density at radius 2 is 2.17 bits per heavy atom. The number of hydrogen-bond donors (Lipinski definition) is 2. The lowest BCUT2D eigenvalue weighted by molar-refractivity contribution is -0.123. The van der Waals surface area contributed by atoms with Crippen LogP contribution in [0, 0.1) is 5.82 Å². The quantitative estimate of drug-likeness (QED) is 0.821. The first-order valence-corrected chi connectivity index (χ1v) is 5.40. The molecular weight excluding hydrogens is 259 g/mol. The smallest absolute Gasteiger partial charge is 0.222 e. The third kappa shape index (κ3) is 5.44. The molecule has 1 unspecified atom stereocenters. The summed E-state index contributed by atoms with van der Waals surface area (Å²) in [6.07, 6.45) is -0.114. The van der Waals surface area contributed by atoms with Crippen molar-refractivity contribution < 1.29 is 13.9 Å². The van der Waals surface area contributed by atoms with Crippen LogP contribution < -0.4 is 11.1 Å². The molecule has 0 heterocycles. The zero-order valence-electron chi connectivity index (χ0n) is 10.2. The number of rotatable bonds is 6. The van der Waals surface area contributed by atoms with Gasteiger partial charge in [-0.1, -0.05) is 18.2 Å². The minimum absolute atomic E-state index is 0. The van der Waals surface area contributed by atoms with Crippen molar-refractivity contribution in [1.29, 1.82) is 0 Å². The van der Waals surface area contributed by atoms with Crippen molar-refractivity contribution in [2.75, 3.05) is 13.7 Å². The van der Waals surface area contributed by atoms with E-state index >= 15 is 0 Å². The molecule has 0 aliphatic carbocycles. The Bertz CT molecular complexity index is 373. The molecule has 1 amide bonds. The van der Waals surface area contributed by atoms with Gasteiger partial charge in [-0.15, -0.1) is 12.4 Å². The van der Waals surface area contributed by atoms with Gasteiger partial charge in [-0.3, -0.25) is 4.79 Å². The third-order valence-electron chi connectivity index (χ3n) is 2.44. The topological polar surface area (TPSA) is 64.3 Å². The van der Waals surface area contributed by atoms with Gasteiger partial charge < -0.3 is 15.8 Å². The highest BCUT2D eigenvalue weighted by molar-refractivity contribution is 5.85. The van der Waals surface area contributed by atoms with Gasteiger partial charge in [-0.05, 0) is 6.07 Å². The van der Waals surface area contributed by atoms with Gasteiger partial charge in [0.25, 0.3) is 0 Å². The summed E-state index contributed by atoms with van der Waals surface area (Å²) in [6.45, 7) is 0.454. The Morgan fingerprint density at radius 3 is 2.72 bits per heavy atom. The lowest BCUT2D eigenvalue weighted by Gasteiger charge is -2.12. The summed E-state index contributed by atoms with van der Waals surface area (Å²) in [7, 11) is 1.50. The SMILES string of the molecule is COC(CN)CC(=O)NCc1ccccc1F.Cl. The van der Waals surface area contributed by atoms with Crippen LogP contribution in [0.1, 0.15) is 12.0 Å². The molecule has 0 radical (unpaired) electrons. The molecule has 1 atom stereocenters. The van der Waals surface area contributed by atoms with Gasteiger partial charge in [0, 0.05) is 25.8 Å². The first-order valence-electron chi connectivity index (χ1n) is 5.40. The van der Waals surface area contributed by atoms with Crippen molar-refractivity contribution >= 4 is 18.3 Å². The van der Waals surface area contributed by atoms with E-state index in [4.69, 9.17) is 10.5 Å². The minimum Gasteiger partial charge on any atom is -0.380 e. The van der Waals surface area contributed by atoms with E-state index in [1.165, 1.54) is 13.2 Å². The van der Waals surface area contributed by atoms with Crippen LogP contribution in [0.15, 0.2) is 24.3 Å². The Balaban J connectivity index is 0.00000289. The molecule has 0 saturated heterocycles. The maximum absolute atomic E-state index is 13.2. The monoisotopic (exact) mass is 276 g/mol. The molecule has 0 aliphatic rings. The van der Waals surface area contributed by atoms with Crippen LogP contribution in [-0.4, -0.2) is 25.7 Å². The second kappa shape index (κ2) is 8.85. The number of hydrogen-bond acceptors (Lipinski definition) is 3. The van der Waals surface area contributed by atoms with E-state index in [-0.39, 0.29) is 49.7 Å². The average molecular weight is 277 g/mol. The van der Waals surface area contributed by atoms with E-state index in [0.29, 0.717) is 5.56 Å². The average Bonchev–Trinajstić information content (AvgIpc) is 2.35. The van der Waals surface area contributed by atoms with Crippen molar-refractivity contribution in [2.24, 2.45) is 5.73 Å². The summed E-state index contributed by atoms with van der Waals surface area (Å²) in [4.78, 5) is 11.5. The molecule has 3 N–H and O–H groups in total. The fourth-order valence-electron chi connectivity index (χ4n) is 1.38. The van der Waals surface area contributed by atoms with Crippen molar-refractivity contribution in [1.82, 2.24) is 5.32 Å². The second-order valence-corrected chi connectivity index (χ2v) is 3.67. The number of carbonyl (C=O) groups excluding carboxylic acids is 1. The lowest BCUT2D eigenvalue weighted by Crippen LogP contribution is -2.32. The van der Waals surface area contributed by atoms with Crippen LogP contribution in [0.4, 0.5) is 4.39 Å². The standard InChI is InChI=1S/C12H17FN2O2.ClH/c1-17-10(7-14)6-12(16)15-8-9-4-2-3-5-11(9)13;/h2-5,10H,6-8,14H2,1H3,(H,15,16);1H. The van der Waals surface area contributed by atoms with Crippen LogP contribution in [0.2, 0.25) is 0 Å². The maximum atomic E-state index is 13.2. The Hall–Kier alpha value is -1.17. The fraction of sp³-hybridized carbons (Fsp3) is 0.417. The molecule has 0 spiro atoms. The van der Waals surface area contributed by atoms with Gasteiger partial charge in [0.2, 0.25) is 5.91 Å². The molecule has 0 saturated carbocycles. The molecule has 1 rings (SSSR count). The highest BCUT2D eigenvalue weighted by Crippen LogP contribution is 2.05. The van der Waals surface area contributed by atoms with E-state index in [9.17, 15) is 9.18 Å². The van der Waals surface area contributed by atoms with Gasteiger partial charge in [-0.25, -0.2) is 4.39 Å². The summed E-state index contributed by atoms with van der Waals surface area (Å²) < 4.78 is 18.2. The number of methoxy groups -OCH3 is 1. The van der Waals surface area contributed by atoms with Crippen LogP contribution in [0.5, 0.6) is 0 Å². The number of nitrogens with two attached hydrogens (primary N) is 1. The van der Waals surface area contributed by atoms with Gasteiger partial charge in [0.05, 0.1) is 12.5 Å². The summed E-state index contributed by atoms with van der Waals surface area (Å²) in [6, 6.07) is 6.32. The Morgan fingerprint density at radius 1 is 1.50 bits per heavy atom. The predicted molar refractivity (Wildman–Crippen MR) is 70.0 cm³/mol. The molecule has 0 aliphatic heterocycles. The number of carbonyl (C=O) groups is 1. The Labute approximate surface area is 112 Å². The molecule has 0 fully saturated rings. The van der Waals surface area contributed by atoms with Gasteiger partial charge >= 0.3 is 0 Å². The van der Waals surface area contributed by atoms with E-state index in [2.05, 4.69) is 5.32 Å². The number of halogens is 2. The largest absolute Gasteiger partial charge is 0.380 e. The van der Waals surface area contributed by atoms with E-state index in [1.807, 2.05) is 0 Å². The highest BCUT2D eigenvalue weighted by Gasteiger charge is 2.11. The van der Waals surface area contributed by atoms with Crippen molar-refractivity contribution in [2.45, 2.75) is 19.1 Å². The predicted octanol–water partition coefficient (Wildman–Crippen LogP) is 1.23. The summed E-state index contributed by atoms with van der Waals surface area (Å²) in [5, 5.41) is 2.62. The van der Waals surface area contributed by atoms with Crippen molar-refractivity contribution in [3.63, 3.8) is 0 Å². The van der Waals surface area contributed by atoms with Gasteiger partial charge in [0.1, 0.15) is 5.82 Å².